The summed E-state index contributed by atoms with van der Waals surface area (Å²) >= 11 is 0. The minimum absolute atomic E-state index is 0.0331. The van der Waals surface area contributed by atoms with Gasteiger partial charge in [0.1, 0.15) is 12.6 Å². The number of rotatable bonds is 48. The minimum Gasteiger partial charge on any atom is -0.544 e. The molecular formula is C57H101NO7. The number of allylic oxidation sites excluding steroid dienone is 10. The first-order chi connectivity index (χ1) is 31.6. The second kappa shape index (κ2) is 47.5. The average Bonchev–Trinajstić information content (AvgIpc) is 3.27. The SMILES string of the molecule is CC/C=C/C/C=C/C/C=C/C/C=C/CCCCCCCCC(=O)OCC(COCCC(C(=O)[O-])[N+](C)(C)C)OC(=O)CCCCCCCCC/C=C/CCCCCCCCCCCCC. The molecule has 0 aliphatic rings. The number of carboxylic acid groups (broad SMARTS) is 1. The maximum absolute atomic E-state index is 12.8. The number of likely N-dealkylation sites (N-methyl/N-ethyl adjacent to an activating group) is 1. The molecule has 0 aliphatic carbocycles. The van der Waals surface area contributed by atoms with E-state index in [9.17, 15) is 19.5 Å². The molecule has 65 heavy (non-hydrogen) atoms. The molecule has 0 saturated carbocycles. The number of esters is 2. The molecule has 2 atom stereocenters. The molecule has 0 bridgehead atoms. The second-order valence-corrected chi connectivity index (χ2v) is 19.1. The number of hydrogen-bond acceptors (Lipinski definition) is 7. The fraction of sp³-hybridized carbons (Fsp3) is 0.772. The molecule has 0 spiro atoms. The average molecular weight is 912 g/mol. The highest BCUT2D eigenvalue weighted by Gasteiger charge is 2.25. The van der Waals surface area contributed by atoms with Gasteiger partial charge in [-0.2, -0.15) is 0 Å². The Morgan fingerprint density at radius 1 is 0.477 bits per heavy atom. The fourth-order valence-electron chi connectivity index (χ4n) is 7.76. The molecule has 0 N–H and O–H groups in total. The van der Waals surface area contributed by atoms with Gasteiger partial charge in [-0.15, -0.1) is 0 Å². The van der Waals surface area contributed by atoms with Crippen molar-refractivity contribution >= 4 is 17.9 Å². The van der Waals surface area contributed by atoms with Crippen LogP contribution in [0.4, 0.5) is 0 Å². The van der Waals surface area contributed by atoms with Crippen LogP contribution >= 0.6 is 0 Å². The summed E-state index contributed by atoms with van der Waals surface area (Å²) in [6.07, 6.45) is 59.7. The van der Waals surface area contributed by atoms with Gasteiger partial charge < -0.3 is 28.6 Å². The zero-order valence-corrected chi connectivity index (χ0v) is 42.9. The predicted octanol–water partition coefficient (Wildman–Crippen LogP) is 14.4. The van der Waals surface area contributed by atoms with Crippen molar-refractivity contribution in [1.82, 2.24) is 0 Å². The Bertz CT molecular complexity index is 1250. The standard InChI is InChI=1S/C57H101NO7/c1-6-8-10-12-14-16-18-20-22-24-26-27-28-30-32-34-36-38-40-42-44-46-48-56(60)65-53(51-63-50-49-54(57(61)62)58(3,4)5)52-64-55(59)47-45-43-41-39-37-35-33-31-29-25-23-21-19-17-15-13-11-9-7-2/h9,11,15,17,21,23,28-31,53-54H,6-8,10,12-14,16,18-20,22,24-27,32-52H2,1-5H3/b11-9+,17-15+,23-21+,30-28+,31-29+. The van der Waals surface area contributed by atoms with E-state index in [1.165, 1.54) is 122 Å². The zero-order valence-electron chi connectivity index (χ0n) is 42.9. The van der Waals surface area contributed by atoms with E-state index < -0.39 is 18.1 Å². The first kappa shape index (κ1) is 62.0. The summed E-state index contributed by atoms with van der Waals surface area (Å²) in [4.78, 5) is 37.1. The van der Waals surface area contributed by atoms with Crippen LogP contribution in [0.15, 0.2) is 60.8 Å². The van der Waals surface area contributed by atoms with E-state index in [0.717, 1.165) is 77.0 Å². The molecule has 0 saturated heterocycles. The lowest BCUT2D eigenvalue weighted by atomic mass is 10.0. The number of carbonyl (C=O) groups excluding carboxylic acids is 3. The summed E-state index contributed by atoms with van der Waals surface area (Å²) in [7, 11) is 5.41. The van der Waals surface area contributed by atoms with E-state index in [2.05, 4.69) is 74.6 Å². The van der Waals surface area contributed by atoms with Gasteiger partial charge in [0.15, 0.2) is 6.10 Å². The van der Waals surface area contributed by atoms with E-state index in [0.29, 0.717) is 12.8 Å². The quantitative estimate of drug-likeness (QED) is 0.0259. The van der Waals surface area contributed by atoms with Gasteiger partial charge in [0, 0.05) is 19.3 Å². The monoisotopic (exact) mass is 912 g/mol. The number of nitrogens with zero attached hydrogens (tertiary/aromatic N) is 1. The van der Waals surface area contributed by atoms with Gasteiger partial charge in [-0.3, -0.25) is 9.59 Å². The number of ether oxygens (including phenoxy) is 3. The lowest BCUT2D eigenvalue weighted by molar-refractivity contribution is -0.889. The van der Waals surface area contributed by atoms with Gasteiger partial charge in [0.25, 0.3) is 0 Å². The van der Waals surface area contributed by atoms with Gasteiger partial charge in [0.2, 0.25) is 0 Å². The Hall–Kier alpha value is -2.97. The Morgan fingerprint density at radius 2 is 0.862 bits per heavy atom. The van der Waals surface area contributed by atoms with Gasteiger partial charge in [-0.1, -0.05) is 197 Å². The van der Waals surface area contributed by atoms with Gasteiger partial charge in [0.05, 0.1) is 40.3 Å². The third-order valence-corrected chi connectivity index (χ3v) is 11.9. The number of aliphatic carboxylic acids is 1. The van der Waals surface area contributed by atoms with Crippen LogP contribution in [-0.4, -0.2) is 75.5 Å². The molecule has 376 valence electrons. The molecule has 0 aromatic heterocycles. The van der Waals surface area contributed by atoms with Crippen LogP contribution in [0.1, 0.15) is 232 Å². The van der Waals surface area contributed by atoms with E-state index >= 15 is 0 Å². The molecular weight excluding hydrogens is 811 g/mol. The van der Waals surface area contributed by atoms with Crippen molar-refractivity contribution < 1.29 is 38.2 Å². The summed E-state index contributed by atoms with van der Waals surface area (Å²) < 4.78 is 17.3. The van der Waals surface area contributed by atoms with E-state index in [4.69, 9.17) is 14.2 Å². The Kier molecular flexibility index (Phi) is 45.3. The van der Waals surface area contributed by atoms with Crippen molar-refractivity contribution in [3.05, 3.63) is 60.8 Å². The largest absolute Gasteiger partial charge is 0.544 e. The normalized spacial score (nSPS) is 13.3. The molecule has 0 fully saturated rings. The number of unbranched alkanes of at least 4 members (excludes halogenated alkanes) is 24. The third-order valence-electron chi connectivity index (χ3n) is 11.9. The summed E-state index contributed by atoms with van der Waals surface area (Å²) in [5.74, 6) is -1.75. The van der Waals surface area contributed by atoms with E-state index in [1.807, 2.05) is 0 Å². The molecule has 0 heterocycles. The second-order valence-electron chi connectivity index (χ2n) is 19.1. The highest BCUT2D eigenvalue weighted by atomic mass is 16.6. The molecule has 0 aromatic carbocycles. The topological polar surface area (TPSA) is 102 Å². The van der Waals surface area contributed by atoms with Crippen LogP contribution in [0.5, 0.6) is 0 Å². The summed E-state index contributed by atoms with van der Waals surface area (Å²) in [5.41, 5.74) is 0. The first-order valence-electron chi connectivity index (χ1n) is 26.8. The summed E-state index contributed by atoms with van der Waals surface area (Å²) in [6.45, 7) is 4.55. The number of carboxylic acids is 1. The van der Waals surface area contributed by atoms with Crippen LogP contribution in [-0.2, 0) is 28.6 Å². The van der Waals surface area contributed by atoms with Crippen LogP contribution in [0, 0.1) is 0 Å². The molecule has 8 heteroatoms. The van der Waals surface area contributed by atoms with Gasteiger partial charge in [-0.05, 0) is 77.0 Å². The van der Waals surface area contributed by atoms with E-state index in [1.54, 1.807) is 21.1 Å². The molecule has 0 rings (SSSR count). The highest BCUT2D eigenvalue weighted by Crippen LogP contribution is 2.15. The molecule has 8 nitrogen and oxygen atoms in total. The first-order valence-corrected chi connectivity index (χ1v) is 26.8. The fourth-order valence-corrected chi connectivity index (χ4v) is 7.76. The summed E-state index contributed by atoms with van der Waals surface area (Å²) in [5, 5.41) is 11.7. The van der Waals surface area contributed by atoms with Crippen molar-refractivity contribution in [2.75, 3.05) is 41.0 Å². The maximum Gasteiger partial charge on any atom is 0.306 e. The Morgan fingerprint density at radius 3 is 1.29 bits per heavy atom. The van der Waals surface area contributed by atoms with Crippen molar-refractivity contribution in [3.8, 4) is 0 Å². The predicted molar refractivity (Wildman–Crippen MR) is 273 cm³/mol. The van der Waals surface area contributed by atoms with Crippen molar-refractivity contribution in [1.29, 1.82) is 0 Å². The molecule has 0 aromatic rings. The lowest BCUT2D eigenvalue weighted by Crippen LogP contribution is -2.55. The molecule has 2 unspecified atom stereocenters. The van der Waals surface area contributed by atoms with Crippen LogP contribution in [0.25, 0.3) is 0 Å². The van der Waals surface area contributed by atoms with Crippen molar-refractivity contribution in [2.24, 2.45) is 0 Å². The smallest absolute Gasteiger partial charge is 0.306 e. The Balaban J connectivity index is 4.25. The van der Waals surface area contributed by atoms with Crippen molar-refractivity contribution in [3.63, 3.8) is 0 Å². The minimum atomic E-state index is -1.13. The number of hydrogen-bond donors (Lipinski definition) is 0. The van der Waals surface area contributed by atoms with Gasteiger partial charge in [-0.25, -0.2) is 0 Å². The molecule has 0 aliphatic heterocycles. The van der Waals surface area contributed by atoms with Crippen molar-refractivity contribution in [2.45, 2.75) is 244 Å². The highest BCUT2D eigenvalue weighted by molar-refractivity contribution is 5.70. The zero-order chi connectivity index (χ0) is 47.7. The summed E-state index contributed by atoms with van der Waals surface area (Å²) in [6, 6.07) is -0.731. The van der Waals surface area contributed by atoms with E-state index in [-0.39, 0.29) is 42.7 Å². The van der Waals surface area contributed by atoms with Crippen LogP contribution < -0.4 is 5.11 Å². The van der Waals surface area contributed by atoms with Crippen LogP contribution in [0.3, 0.4) is 0 Å². The number of quaternary nitrogens is 1. The number of carbonyl (C=O) groups is 3. The molecule has 0 radical (unpaired) electrons. The Labute approximate surface area is 400 Å². The maximum atomic E-state index is 12.8. The lowest BCUT2D eigenvalue weighted by Gasteiger charge is -2.34. The molecule has 0 amide bonds. The van der Waals surface area contributed by atoms with Gasteiger partial charge >= 0.3 is 11.9 Å². The third kappa shape index (κ3) is 46.0. The van der Waals surface area contributed by atoms with Crippen LogP contribution in [0.2, 0.25) is 0 Å².